The van der Waals surface area contributed by atoms with Crippen LogP contribution in [0.2, 0.25) is 0 Å². The Morgan fingerprint density at radius 3 is 2.68 bits per heavy atom. The Balaban J connectivity index is 1.57. The third kappa shape index (κ3) is 1.43. The van der Waals surface area contributed by atoms with Crippen LogP contribution >= 0.6 is 0 Å². The molecule has 0 bridgehead atoms. The van der Waals surface area contributed by atoms with Crippen molar-refractivity contribution in [2.24, 2.45) is 28.6 Å². The molecule has 5 rings (SSSR count). The summed E-state index contributed by atoms with van der Waals surface area (Å²) in [5.41, 5.74) is 2.16. The first-order chi connectivity index (χ1) is 10.5. The largest absolute Gasteiger partial charge is 0.369 e. The van der Waals surface area contributed by atoms with Crippen LogP contribution in [-0.4, -0.2) is 18.0 Å². The van der Waals surface area contributed by atoms with Crippen molar-refractivity contribution in [1.29, 1.82) is 0 Å². The van der Waals surface area contributed by atoms with Gasteiger partial charge >= 0.3 is 0 Å². The van der Waals surface area contributed by atoms with Crippen molar-refractivity contribution in [1.82, 2.24) is 0 Å². The summed E-state index contributed by atoms with van der Waals surface area (Å²) in [7, 11) is 0. The van der Waals surface area contributed by atoms with Gasteiger partial charge in [0.25, 0.3) is 0 Å². The Hall–Kier alpha value is -0.890. The molecule has 2 heteroatoms. The maximum absolute atomic E-state index is 11.8. The summed E-state index contributed by atoms with van der Waals surface area (Å²) in [6.07, 6.45) is 13.7. The summed E-state index contributed by atoms with van der Waals surface area (Å²) >= 11 is 0. The average molecular weight is 298 g/mol. The lowest BCUT2D eigenvalue weighted by atomic mass is 9.48. The van der Waals surface area contributed by atoms with Crippen LogP contribution in [0.3, 0.4) is 0 Å². The van der Waals surface area contributed by atoms with Gasteiger partial charge in [-0.15, -0.1) is 0 Å². The molecule has 1 saturated heterocycles. The molecule has 0 unspecified atom stereocenters. The van der Waals surface area contributed by atoms with Crippen LogP contribution in [0.15, 0.2) is 23.8 Å². The van der Waals surface area contributed by atoms with Gasteiger partial charge in [0.05, 0.1) is 12.2 Å². The van der Waals surface area contributed by atoms with E-state index in [-0.39, 0.29) is 11.0 Å². The predicted octanol–water partition coefficient (Wildman–Crippen LogP) is 4.06. The van der Waals surface area contributed by atoms with Crippen LogP contribution in [0.5, 0.6) is 0 Å². The van der Waals surface area contributed by atoms with Crippen LogP contribution in [0.25, 0.3) is 0 Å². The highest BCUT2D eigenvalue weighted by Gasteiger charge is 2.69. The number of carbonyl (C=O) groups is 1. The van der Waals surface area contributed by atoms with Gasteiger partial charge < -0.3 is 4.74 Å². The molecule has 0 aromatic carbocycles. The number of carbonyl (C=O) groups excluding carboxylic acids is 1. The van der Waals surface area contributed by atoms with E-state index in [2.05, 4.69) is 26.0 Å². The Morgan fingerprint density at radius 1 is 1.14 bits per heavy atom. The Bertz CT molecular complexity index is 611. The van der Waals surface area contributed by atoms with E-state index in [0.717, 1.165) is 31.3 Å². The topological polar surface area (TPSA) is 29.6 Å². The number of hydrogen-bond donors (Lipinski definition) is 0. The highest BCUT2D eigenvalue weighted by Crippen LogP contribution is 2.69. The highest BCUT2D eigenvalue weighted by atomic mass is 16.6. The SMILES string of the molecule is C[C@]12CCC(=O)C=C1C=C[C@@H]1[C@@H]2CC[C@@]2(C)[C@H]1CC[C@@]21CO1. The van der Waals surface area contributed by atoms with Crippen molar-refractivity contribution < 1.29 is 9.53 Å². The molecule has 3 fully saturated rings. The van der Waals surface area contributed by atoms with Gasteiger partial charge in [-0.2, -0.15) is 0 Å². The predicted molar refractivity (Wildman–Crippen MR) is 85.3 cm³/mol. The van der Waals surface area contributed by atoms with Gasteiger partial charge in [-0.3, -0.25) is 4.79 Å². The molecule has 2 nitrogen and oxygen atoms in total. The first-order valence-electron chi connectivity index (χ1n) is 9.06. The lowest BCUT2D eigenvalue weighted by Gasteiger charge is -2.55. The molecule has 0 aromatic rings. The lowest BCUT2D eigenvalue weighted by molar-refractivity contribution is -0.116. The quantitative estimate of drug-likeness (QED) is 0.631. The third-order valence-electron chi connectivity index (χ3n) is 8.30. The second-order valence-corrected chi connectivity index (χ2v) is 8.91. The molecule has 0 amide bonds. The van der Waals surface area contributed by atoms with Crippen molar-refractivity contribution in [3.8, 4) is 0 Å². The summed E-state index contributed by atoms with van der Waals surface area (Å²) in [4.78, 5) is 11.8. The normalized spacial score (nSPS) is 55.5. The fourth-order valence-corrected chi connectivity index (χ4v) is 6.65. The van der Waals surface area contributed by atoms with Gasteiger partial charge in [0.15, 0.2) is 5.78 Å². The van der Waals surface area contributed by atoms with E-state index in [9.17, 15) is 4.79 Å². The molecule has 118 valence electrons. The Labute approximate surface area is 133 Å². The molecule has 22 heavy (non-hydrogen) atoms. The van der Waals surface area contributed by atoms with Gasteiger partial charge in [0, 0.05) is 11.8 Å². The van der Waals surface area contributed by atoms with Crippen LogP contribution in [-0.2, 0) is 9.53 Å². The van der Waals surface area contributed by atoms with E-state index in [1.165, 1.54) is 31.3 Å². The molecule has 0 aromatic heterocycles. The molecule has 1 spiro atoms. The first-order valence-corrected chi connectivity index (χ1v) is 9.06. The fraction of sp³-hybridized carbons (Fsp3) is 0.750. The molecule has 4 aliphatic carbocycles. The van der Waals surface area contributed by atoms with Crippen LogP contribution in [0.1, 0.15) is 52.4 Å². The molecular formula is C20H26O2. The minimum atomic E-state index is 0.231. The smallest absolute Gasteiger partial charge is 0.156 e. The molecule has 5 aliphatic rings. The maximum Gasteiger partial charge on any atom is 0.156 e. The Kier molecular flexibility index (Phi) is 2.43. The number of epoxide rings is 1. The molecule has 2 saturated carbocycles. The fourth-order valence-electron chi connectivity index (χ4n) is 6.65. The van der Waals surface area contributed by atoms with Gasteiger partial charge in [0.1, 0.15) is 0 Å². The van der Waals surface area contributed by atoms with Gasteiger partial charge in [0.2, 0.25) is 0 Å². The lowest BCUT2D eigenvalue weighted by Crippen LogP contribution is -2.50. The molecule has 0 radical (unpaired) electrons. The Morgan fingerprint density at radius 2 is 1.91 bits per heavy atom. The first kappa shape index (κ1) is 13.5. The van der Waals surface area contributed by atoms with E-state index in [4.69, 9.17) is 4.74 Å². The zero-order valence-electron chi connectivity index (χ0n) is 13.7. The minimum absolute atomic E-state index is 0.231. The molecule has 0 N–H and O–H groups in total. The number of rotatable bonds is 0. The number of allylic oxidation sites excluding steroid dienone is 4. The van der Waals surface area contributed by atoms with E-state index in [1.54, 1.807) is 0 Å². The standard InChI is InChI=1S/C20H26O2/c1-18-8-5-14(21)11-13(18)3-4-15-16(18)6-9-19(2)17(15)7-10-20(19)12-22-20/h3-4,11,15-17H,5-10,12H2,1-2H3/t15-,16+,17+,18+,19+,20-/m1/s1. The average Bonchev–Trinajstić information content (AvgIpc) is 3.22. The van der Waals surface area contributed by atoms with Gasteiger partial charge in [-0.1, -0.05) is 26.0 Å². The minimum Gasteiger partial charge on any atom is -0.369 e. The summed E-state index contributed by atoms with van der Waals surface area (Å²) in [5.74, 6) is 2.52. The summed E-state index contributed by atoms with van der Waals surface area (Å²) in [5, 5.41) is 0. The summed E-state index contributed by atoms with van der Waals surface area (Å²) < 4.78 is 5.97. The number of ether oxygens (including phenoxy) is 1. The monoisotopic (exact) mass is 298 g/mol. The zero-order chi connectivity index (χ0) is 15.2. The number of hydrogen-bond acceptors (Lipinski definition) is 2. The molecular weight excluding hydrogens is 272 g/mol. The molecule has 6 atom stereocenters. The zero-order valence-corrected chi connectivity index (χ0v) is 13.7. The van der Waals surface area contributed by atoms with Crippen LogP contribution in [0, 0.1) is 28.6 Å². The van der Waals surface area contributed by atoms with Crippen molar-refractivity contribution >= 4 is 5.78 Å². The van der Waals surface area contributed by atoms with Gasteiger partial charge in [-0.25, -0.2) is 0 Å². The van der Waals surface area contributed by atoms with Crippen molar-refractivity contribution in [2.45, 2.75) is 58.0 Å². The second kappa shape index (κ2) is 3.95. The highest BCUT2D eigenvalue weighted by molar-refractivity contribution is 5.92. The van der Waals surface area contributed by atoms with Crippen molar-refractivity contribution in [3.63, 3.8) is 0 Å². The van der Waals surface area contributed by atoms with Crippen LogP contribution < -0.4 is 0 Å². The van der Waals surface area contributed by atoms with E-state index < -0.39 is 0 Å². The van der Waals surface area contributed by atoms with Crippen molar-refractivity contribution in [3.05, 3.63) is 23.8 Å². The van der Waals surface area contributed by atoms with E-state index in [0.29, 0.717) is 17.1 Å². The van der Waals surface area contributed by atoms with E-state index in [1.807, 2.05) is 6.08 Å². The number of fused-ring (bicyclic) bond motifs is 6. The summed E-state index contributed by atoms with van der Waals surface area (Å²) in [6.45, 7) is 5.92. The molecule has 1 aliphatic heterocycles. The maximum atomic E-state index is 11.8. The van der Waals surface area contributed by atoms with Gasteiger partial charge in [-0.05, 0) is 66.9 Å². The number of ketones is 1. The van der Waals surface area contributed by atoms with Crippen molar-refractivity contribution in [2.75, 3.05) is 6.61 Å². The van der Waals surface area contributed by atoms with Crippen LogP contribution in [0.4, 0.5) is 0 Å². The second-order valence-electron chi connectivity index (χ2n) is 8.91. The van der Waals surface area contributed by atoms with E-state index >= 15 is 0 Å². The molecule has 1 heterocycles. The third-order valence-corrected chi connectivity index (χ3v) is 8.30. The summed E-state index contributed by atoms with van der Waals surface area (Å²) in [6, 6.07) is 0.